The number of hydrogen-bond donors (Lipinski definition) is 1. The second kappa shape index (κ2) is 5.40. The van der Waals surface area contributed by atoms with E-state index in [9.17, 15) is 0 Å². The van der Waals surface area contributed by atoms with Crippen LogP contribution in [0.25, 0.3) is 10.1 Å². The van der Waals surface area contributed by atoms with Gasteiger partial charge in [0, 0.05) is 27.5 Å². The van der Waals surface area contributed by atoms with Crippen LogP contribution in [-0.4, -0.2) is 21.0 Å². The first-order valence-electron chi connectivity index (χ1n) is 7.08. The molecule has 0 aliphatic heterocycles. The summed E-state index contributed by atoms with van der Waals surface area (Å²) in [6.07, 6.45) is 4.56. The predicted molar refractivity (Wildman–Crippen MR) is 85.8 cm³/mol. The highest BCUT2D eigenvalue weighted by molar-refractivity contribution is 7.19. The van der Waals surface area contributed by atoms with E-state index < -0.39 is 0 Å². The number of rotatable bonds is 5. The lowest BCUT2D eigenvalue weighted by Crippen LogP contribution is -2.15. The van der Waals surface area contributed by atoms with Crippen molar-refractivity contribution in [1.82, 2.24) is 20.3 Å². The number of nitrogens with zero attached hydrogens (tertiary/aromatic N) is 3. The van der Waals surface area contributed by atoms with Gasteiger partial charge in [-0.2, -0.15) is 0 Å². The number of benzene rings is 1. The number of fused-ring (bicyclic) bond motifs is 1. The summed E-state index contributed by atoms with van der Waals surface area (Å²) >= 11 is 8.18. The molecular weight excluding hydrogens is 304 g/mol. The smallest absolute Gasteiger partial charge is 0.0965 e. The van der Waals surface area contributed by atoms with Crippen LogP contribution in [0.15, 0.2) is 30.5 Å². The summed E-state index contributed by atoms with van der Waals surface area (Å²) < 4.78 is 3.08. The van der Waals surface area contributed by atoms with Crippen LogP contribution in [0.5, 0.6) is 0 Å². The van der Waals surface area contributed by atoms with Crippen LogP contribution in [-0.2, 0) is 13.1 Å². The second-order valence-corrected chi connectivity index (χ2v) is 6.91. The zero-order valence-corrected chi connectivity index (χ0v) is 13.0. The van der Waals surface area contributed by atoms with Gasteiger partial charge in [-0.05, 0) is 18.9 Å². The maximum absolute atomic E-state index is 6.46. The minimum absolute atomic E-state index is 0.675. The molecule has 0 radical (unpaired) electrons. The van der Waals surface area contributed by atoms with Gasteiger partial charge in [0.25, 0.3) is 0 Å². The highest BCUT2D eigenvalue weighted by Gasteiger charge is 2.20. The van der Waals surface area contributed by atoms with Crippen LogP contribution in [0.3, 0.4) is 0 Å². The molecule has 2 aromatic heterocycles. The molecule has 0 unspecified atom stereocenters. The standard InChI is InChI=1S/C15H15ClN4S/c16-15-12-3-1-2-4-13(12)21-14(15)9-20-8-11(18-19-20)7-17-10-5-6-10/h1-4,8,10,17H,5-7,9H2. The molecule has 0 bridgehead atoms. The summed E-state index contributed by atoms with van der Waals surface area (Å²) in [6.45, 7) is 1.47. The number of thiophene rings is 1. The first-order valence-corrected chi connectivity index (χ1v) is 8.27. The molecule has 2 heterocycles. The molecule has 1 aliphatic rings. The molecule has 6 heteroatoms. The van der Waals surface area contributed by atoms with Gasteiger partial charge in [0.05, 0.1) is 23.5 Å². The number of nitrogens with one attached hydrogen (secondary N) is 1. The Hall–Kier alpha value is -1.43. The van der Waals surface area contributed by atoms with Crippen molar-refractivity contribution in [2.24, 2.45) is 0 Å². The summed E-state index contributed by atoms with van der Waals surface area (Å²) in [6, 6.07) is 8.90. The molecule has 0 spiro atoms. The minimum Gasteiger partial charge on any atom is -0.308 e. The van der Waals surface area contributed by atoms with Crippen LogP contribution < -0.4 is 5.32 Å². The molecule has 108 valence electrons. The Labute approximate surface area is 131 Å². The molecule has 21 heavy (non-hydrogen) atoms. The highest BCUT2D eigenvalue weighted by Crippen LogP contribution is 2.35. The number of halogens is 1. The van der Waals surface area contributed by atoms with Crippen LogP contribution in [0.2, 0.25) is 5.02 Å². The maximum Gasteiger partial charge on any atom is 0.0965 e. The normalized spacial score (nSPS) is 14.9. The Balaban J connectivity index is 1.52. The lowest BCUT2D eigenvalue weighted by Gasteiger charge is -1.98. The Morgan fingerprint density at radius 2 is 2.19 bits per heavy atom. The second-order valence-electron chi connectivity index (χ2n) is 5.40. The molecule has 0 amide bonds. The van der Waals surface area contributed by atoms with Crippen molar-refractivity contribution in [3.63, 3.8) is 0 Å². The van der Waals surface area contributed by atoms with Crippen molar-refractivity contribution in [2.45, 2.75) is 32.0 Å². The van der Waals surface area contributed by atoms with E-state index in [0.717, 1.165) is 27.5 Å². The quantitative estimate of drug-likeness (QED) is 0.783. The van der Waals surface area contributed by atoms with Crippen molar-refractivity contribution in [3.05, 3.63) is 46.1 Å². The minimum atomic E-state index is 0.675. The van der Waals surface area contributed by atoms with E-state index in [0.29, 0.717) is 12.6 Å². The summed E-state index contributed by atoms with van der Waals surface area (Å²) in [5.41, 5.74) is 0.985. The molecule has 1 saturated carbocycles. The molecule has 4 rings (SSSR count). The monoisotopic (exact) mass is 318 g/mol. The molecule has 1 N–H and O–H groups in total. The zero-order chi connectivity index (χ0) is 14.2. The maximum atomic E-state index is 6.46. The molecule has 0 atom stereocenters. The molecule has 3 aromatic rings. The van der Waals surface area contributed by atoms with Gasteiger partial charge in [0.1, 0.15) is 0 Å². The Morgan fingerprint density at radius 3 is 3.00 bits per heavy atom. The SMILES string of the molecule is Clc1c(Cn2cc(CNC3CC3)nn2)sc2ccccc12. The van der Waals surface area contributed by atoms with E-state index in [2.05, 4.69) is 27.8 Å². The number of aromatic nitrogens is 3. The lowest BCUT2D eigenvalue weighted by atomic mass is 10.2. The molecule has 1 aliphatic carbocycles. The van der Waals surface area contributed by atoms with E-state index in [1.54, 1.807) is 11.3 Å². The van der Waals surface area contributed by atoms with E-state index in [1.807, 2.05) is 23.0 Å². The topological polar surface area (TPSA) is 42.7 Å². The van der Waals surface area contributed by atoms with Crippen LogP contribution in [0.1, 0.15) is 23.4 Å². The van der Waals surface area contributed by atoms with E-state index in [4.69, 9.17) is 11.6 Å². The molecule has 1 aromatic carbocycles. The van der Waals surface area contributed by atoms with Gasteiger partial charge in [0.2, 0.25) is 0 Å². The lowest BCUT2D eigenvalue weighted by molar-refractivity contribution is 0.651. The fraction of sp³-hybridized carbons (Fsp3) is 0.333. The third kappa shape index (κ3) is 2.81. The van der Waals surface area contributed by atoms with Crippen molar-refractivity contribution in [1.29, 1.82) is 0 Å². The average Bonchev–Trinajstić information content (AvgIpc) is 3.15. The third-order valence-electron chi connectivity index (χ3n) is 3.64. The van der Waals surface area contributed by atoms with E-state index in [1.165, 1.54) is 17.5 Å². The Bertz CT molecular complexity index is 775. The summed E-state index contributed by atoms with van der Waals surface area (Å²) in [5, 5.41) is 13.8. The Kier molecular flexibility index (Phi) is 3.41. The fourth-order valence-corrected chi connectivity index (χ4v) is 3.83. The first kappa shape index (κ1) is 13.2. The van der Waals surface area contributed by atoms with Crippen molar-refractivity contribution < 1.29 is 0 Å². The van der Waals surface area contributed by atoms with Crippen molar-refractivity contribution in [3.8, 4) is 0 Å². The highest BCUT2D eigenvalue weighted by atomic mass is 35.5. The van der Waals surface area contributed by atoms with Crippen LogP contribution >= 0.6 is 22.9 Å². The Morgan fingerprint density at radius 1 is 1.33 bits per heavy atom. The predicted octanol–water partition coefficient (Wildman–Crippen LogP) is 3.45. The fourth-order valence-electron chi connectivity index (χ4n) is 2.35. The van der Waals surface area contributed by atoms with Crippen molar-refractivity contribution in [2.75, 3.05) is 0 Å². The van der Waals surface area contributed by atoms with Gasteiger partial charge in [0.15, 0.2) is 0 Å². The van der Waals surface area contributed by atoms with Crippen molar-refractivity contribution >= 4 is 33.0 Å². The first-order chi connectivity index (χ1) is 10.3. The average molecular weight is 319 g/mol. The van der Waals surface area contributed by atoms with Gasteiger partial charge < -0.3 is 5.32 Å². The largest absolute Gasteiger partial charge is 0.308 e. The summed E-state index contributed by atoms with van der Waals surface area (Å²) in [5.74, 6) is 0. The molecular formula is C15H15ClN4S. The molecule has 0 saturated heterocycles. The molecule has 4 nitrogen and oxygen atoms in total. The van der Waals surface area contributed by atoms with Gasteiger partial charge in [-0.1, -0.05) is 35.0 Å². The van der Waals surface area contributed by atoms with Gasteiger partial charge in [-0.15, -0.1) is 16.4 Å². The molecule has 1 fully saturated rings. The van der Waals surface area contributed by atoms with E-state index >= 15 is 0 Å². The summed E-state index contributed by atoms with van der Waals surface area (Å²) in [7, 11) is 0. The zero-order valence-electron chi connectivity index (χ0n) is 11.4. The van der Waals surface area contributed by atoms with Gasteiger partial charge in [-0.3, -0.25) is 0 Å². The summed E-state index contributed by atoms with van der Waals surface area (Å²) in [4.78, 5) is 1.13. The van der Waals surface area contributed by atoms with Crippen LogP contribution in [0.4, 0.5) is 0 Å². The van der Waals surface area contributed by atoms with E-state index in [-0.39, 0.29) is 0 Å². The van der Waals surface area contributed by atoms with Gasteiger partial charge >= 0.3 is 0 Å². The van der Waals surface area contributed by atoms with Crippen LogP contribution in [0, 0.1) is 0 Å². The van der Waals surface area contributed by atoms with Gasteiger partial charge in [-0.25, -0.2) is 4.68 Å². The number of hydrogen-bond acceptors (Lipinski definition) is 4. The third-order valence-corrected chi connectivity index (χ3v) is 5.34.